The van der Waals surface area contributed by atoms with E-state index in [1.54, 1.807) is 0 Å². The summed E-state index contributed by atoms with van der Waals surface area (Å²) in [4.78, 5) is 2.49. The fraction of sp³-hybridized carbons (Fsp3) is 0.909. The van der Waals surface area contributed by atoms with Crippen LogP contribution in [0.4, 0.5) is 0 Å². The highest BCUT2D eigenvalue weighted by molar-refractivity contribution is 8.00. The van der Waals surface area contributed by atoms with Crippen molar-refractivity contribution in [1.82, 2.24) is 4.90 Å². The summed E-state index contributed by atoms with van der Waals surface area (Å²) < 4.78 is 0. The molecule has 0 aromatic carbocycles. The second-order valence-electron chi connectivity index (χ2n) is 4.84. The van der Waals surface area contributed by atoms with Gasteiger partial charge in [0.25, 0.3) is 0 Å². The topological polar surface area (TPSA) is 27.0 Å². The molecule has 2 nitrogen and oxygen atoms in total. The average Bonchev–Trinajstić information content (AvgIpc) is 2.83. The van der Waals surface area contributed by atoms with Crippen LogP contribution in [0.3, 0.4) is 0 Å². The molecule has 0 bridgehead atoms. The van der Waals surface area contributed by atoms with Crippen LogP contribution < -0.4 is 0 Å². The van der Waals surface area contributed by atoms with E-state index in [0.717, 1.165) is 29.9 Å². The van der Waals surface area contributed by atoms with Crippen LogP contribution in [-0.4, -0.2) is 35.0 Å². The summed E-state index contributed by atoms with van der Waals surface area (Å²) in [5.74, 6) is 0. The molecule has 0 spiro atoms. The van der Waals surface area contributed by atoms with Crippen molar-refractivity contribution >= 4 is 11.8 Å². The Kier molecular flexibility index (Phi) is 2.77. The van der Waals surface area contributed by atoms with Crippen molar-refractivity contribution in [2.24, 2.45) is 5.41 Å². The third kappa shape index (κ3) is 2.24. The number of hydrogen-bond acceptors (Lipinski definition) is 3. The monoisotopic (exact) mass is 210 g/mol. The molecular formula is C11H18N2S. The number of thioether (sulfide) groups is 1. The smallest absolute Gasteiger partial charge is 0.0703 e. The van der Waals surface area contributed by atoms with E-state index >= 15 is 0 Å². The molecule has 1 aliphatic heterocycles. The zero-order valence-electron chi connectivity index (χ0n) is 8.99. The molecule has 2 rings (SSSR count). The normalized spacial score (nSPS) is 36.4. The van der Waals surface area contributed by atoms with Gasteiger partial charge in [-0.15, -0.1) is 0 Å². The fourth-order valence-corrected chi connectivity index (χ4v) is 3.68. The third-order valence-electron chi connectivity index (χ3n) is 3.11. The largest absolute Gasteiger partial charge is 0.300 e. The quantitative estimate of drug-likeness (QED) is 0.698. The van der Waals surface area contributed by atoms with E-state index < -0.39 is 0 Å². The summed E-state index contributed by atoms with van der Waals surface area (Å²) in [5.41, 5.74) is 0.0431. The molecule has 0 radical (unpaired) electrons. The molecule has 1 heterocycles. The van der Waals surface area contributed by atoms with Crippen LogP contribution in [0.1, 0.15) is 26.7 Å². The maximum atomic E-state index is 9.04. The van der Waals surface area contributed by atoms with Gasteiger partial charge in [-0.1, -0.05) is 13.8 Å². The lowest BCUT2D eigenvalue weighted by molar-refractivity contribution is 0.240. The van der Waals surface area contributed by atoms with Crippen LogP contribution in [0, 0.1) is 16.7 Å². The second-order valence-corrected chi connectivity index (χ2v) is 6.73. The van der Waals surface area contributed by atoms with Gasteiger partial charge >= 0.3 is 0 Å². The molecule has 0 amide bonds. The van der Waals surface area contributed by atoms with Gasteiger partial charge in [0.15, 0.2) is 0 Å². The second kappa shape index (κ2) is 3.75. The van der Waals surface area contributed by atoms with E-state index in [1.807, 2.05) is 0 Å². The van der Waals surface area contributed by atoms with Gasteiger partial charge in [-0.25, -0.2) is 0 Å². The molecule has 2 fully saturated rings. The minimum absolute atomic E-state index is 0.0431. The van der Waals surface area contributed by atoms with Gasteiger partial charge in [0, 0.05) is 30.1 Å². The van der Waals surface area contributed by atoms with Crippen molar-refractivity contribution in [2.75, 3.05) is 19.6 Å². The Morgan fingerprint density at radius 2 is 1.93 bits per heavy atom. The predicted molar refractivity (Wildman–Crippen MR) is 60.2 cm³/mol. The third-order valence-corrected chi connectivity index (χ3v) is 4.34. The first-order valence-electron chi connectivity index (χ1n) is 5.43. The van der Waals surface area contributed by atoms with Crippen molar-refractivity contribution < 1.29 is 0 Å². The Morgan fingerprint density at radius 3 is 2.36 bits per heavy atom. The number of nitrogens with zero attached hydrogens (tertiary/aromatic N) is 2. The maximum Gasteiger partial charge on any atom is 0.0703 e. The van der Waals surface area contributed by atoms with Crippen LogP contribution in [-0.2, 0) is 0 Å². The van der Waals surface area contributed by atoms with E-state index in [2.05, 4.69) is 36.6 Å². The first-order chi connectivity index (χ1) is 6.63. The van der Waals surface area contributed by atoms with E-state index in [-0.39, 0.29) is 5.41 Å². The van der Waals surface area contributed by atoms with Crippen LogP contribution in [0.25, 0.3) is 0 Å². The maximum absolute atomic E-state index is 9.04. The summed E-state index contributed by atoms with van der Waals surface area (Å²) in [6.07, 6.45) is 2.24. The zero-order chi connectivity index (χ0) is 10.2. The van der Waals surface area contributed by atoms with Crippen LogP contribution in [0.5, 0.6) is 0 Å². The highest BCUT2D eigenvalue weighted by Gasteiger charge is 2.45. The molecule has 1 saturated heterocycles. The highest BCUT2D eigenvalue weighted by Crippen LogP contribution is 2.46. The number of nitriles is 1. The molecule has 1 saturated carbocycles. The molecule has 0 aromatic heterocycles. The van der Waals surface area contributed by atoms with E-state index in [1.165, 1.54) is 13.1 Å². The lowest BCUT2D eigenvalue weighted by atomic mass is 10.1. The minimum atomic E-state index is 0.0431. The van der Waals surface area contributed by atoms with E-state index in [4.69, 9.17) is 5.26 Å². The van der Waals surface area contributed by atoms with Crippen molar-refractivity contribution in [3.05, 3.63) is 0 Å². The van der Waals surface area contributed by atoms with Gasteiger partial charge in [0.2, 0.25) is 0 Å². The van der Waals surface area contributed by atoms with Crippen molar-refractivity contribution in [3.63, 3.8) is 0 Å². The Labute approximate surface area is 90.7 Å². The van der Waals surface area contributed by atoms with Crippen molar-refractivity contribution in [3.8, 4) is 6.07 Å². The van der Waals surface area contributed by atoms with Crippen molar-refractivity contribution in [2.45, 2.75) is 37.2 Å². The van der Waals surface area contributed by atoms with Crippen LogP contribution >= 0.6 is 11.8 Å². The van der Waals surface area contributed by atoms with E-state index in [0.29, 0.717) is 0 Å². The summed E-state index contributed by atoms with van der Waals surface area (Å²) in [6.45, 7) is 7.92. The summed E-state index contributed by atoms with van der Waals surface area (Å²) in [7, 11) is 0. The molecule has 3 heteroatoms. The fourth-order valence-electron chi connectivity index (χ4n) is 2.30. The molecule has 2 aliphatic rings. The standard InChI is InChI=1S/C11H18N2S/c1-9-5-13(6-10(2)14-9)8-11(7-12)3-4-11/h9-10H,3-6,8H2,1-2H3. The Morgan fingerprint density at radius 1 is 1.36 bits per heavy atom. The van der Waals surface area contributed by atoms with Gasteiger partial charge in [0.1, 0.15) is 0 Å². The first-order valence-corrected chi connectivity index (χ1v) is 6.37. The molecule has 78 valence electrons. The van der Waals surface area contributed by atoms with Gasteiger partial charge in [-0.2, -0.15) is 17.0 Å². The van der Waals surface area contributed by atoms with Gasteiger partial charge in [-0.05, 0) is 12.8 Å². The number of rotatable bonds is 2. The average molecular weight is 210 g/mol. The summed E-state index contributed by atoms with van der Waals surface area (Å²) in [5, 5.41) is 10.5. The highest BCUT2D eigenvalue weighted by atomic mass is 32.2. The predicted octanol–water partition coefficient (Wildman–Crippen LogP) is 2.12. The Hall–Kier alpha value is -0.200. The van der Waals surface area contributed by atoms with Crippen LogP contribution in [0.2, 0.25) is 0 Å². The Balaban J connectivity index is 1.89. The molecule has 2 unspecified atom stereocenters. The molecule has 0 N–H and O–H groups in total. The molecule has 1 aliphatic carbocycles. The molecule has 14 heavy (non-hydrogen) atoms. The van der Waals surface area contributed by atoms with Gasteiger partial charge in [0.05, 0.1) is 11.5 Å². The lowest BCUT2D eigenvalue weighted by Crippen LogP contribution is -2.43. The van der Waals surface area contributed by atoms with Crippen molar-refractivity contribution in [1.29, 1.82) is 5.26 Å². The Bertz CT molecular complexity index is 245. The zero-order valence-corrected chi connectivity index (χ0v) is 9.81. The lowest BCUT2D eigenvalue weighted by Gasteiger charge is -2.35. The van der Waals surface area contributed by atoms with E-state index in [9.17, 15) is 0 Å². The number of hydrogen-bond donors (Lipinski definition) is 0. The molecular weight excluding hydrogens is 192 g/mol. The SMILES string of the molecule is CC1CN(CC2(C#N)CC2)CC(C)S1. The molecule has 0 aromatic rings. The van der Waals surface area contributed by atoms with Gasteiger partial charge < -0.3 is 0 Å². The minimum Gasteiger partial charge on any atom is -0.300 e. The first kappa shape index (κ1) is 10.3. The van der Waals surface area contributed by atoms with Gasteiger partial charge in [-0.3, -0.25) is 4.90 Å². The molecule has 2 atom stereocenters. The van der Waals surface area contributed by atoms with Crippen LogP contribution in [0.15, 0.2) is 0 Å². The summed E-state index contributed by atoms with van der Waals surface area (Å²) >= 11 is 2.07. The summed E-state index contributed by atoms with van der Waals surface area (Å²) in [6, 6.07) is 2.48.